The highest BCUT2D eigenvalue weighted by molar-refractivity contribution is 5.29. The summed E-state index contributed by atoms with van der Waals surface area (Å²) in [6.07, 6.45) is 6.87. The molecule has 0 saturated heterocycles. The van der Waals surface area contributed by atoms with Crippen LogP contribution in [-0.4, -0.2) is 6.61 Å². The smallest absolute Gasteiger partial charge is 0.119 e. The van der Waals surface area contributed by atoms with Crippen molar-refractivity contribution >= 4 is 0 Å². The Morgan fingerprint density at radius 3 is 2.40 bits per heavy atom. The van der Waals surface area contributed by atoms with Crippen molar-refractivity contribution in [3.8, 4) is 17.6 Å². The number of unbranched alkanes of at least 4 members (excludes halogenated alkanes) is 3. The fourth-order valence-electron chi connectivity index (χ4n) is 2.08. The maximum Gasteiger partial charge on any atom is 0.119 e. The fraction of sp³-hybridized carbons (Fsp3) is 0.579. The molecular weight excluding hydrogens is 244 g/mol. The van der Waals surface area contributed by atoms with Crippen molar-refractivity contribution in [2.24, 2.45) is 0 Å². The van der Waals surface area contributed by atoms with E-state index in [1.165, 1.54) is 24.8 Å². The Balaban J connectivity index is 2.35. The van der Waals surface area contributed by atoms with Gasteiger partial charge in [0, 0.05) is 12.8 Å². The molecule has 0 bridgehead atoms. The summed E-state index contributed by atoms with van der Waals surface area (Å²) < 4.78 is 5.76. The van der Waals surface area contributed by atoms with Gasteiger partial charge in [-0.3, -0.25) is 0 Å². The molecule has 0 N–H and O–H groups in total. The van der Waals surface area contributed by atoms with E-state index < -0.39 is 0 Å². The lowest BCUT2D eigenvalue weighted by Crippen LogP contribution is -1.98. The summed E-state index contributed by atoms with van der Waals surface area (Å²) >= 11 is 0. The second-order valence-corrected chi connectivity index (χ2v) is 5.29. The summed E-state index contributed by atoms with van der Waals surface area (Å²) in [5.41, 5.74) is 1.34. The minimum atomic E-state index is 0.493. The number of hydrogen-bond donors (Lipinski definition) is 0. The van der Waals surface area contributed by atoms with E-state index in [1.807, 2.05) is 0 Å². The first-order chi connectivity index (χ1) is 9.77. The summed E-state index contributed by atoms with van der Waals surface area (Å²) in [6, 6.07) is 8.50. The summed E-state index contributed by atoms with van der Waals surface area (Å²) in [6.45, 7) is 7.37. The predicted octanol–water partition coefficient (Wildman–Crippen LogP) is 5.55. The van der Waals surface area contributed by atoms with Crippen molar-refractivity contribution in [2.45, 2.75) is 65.2 Å². The number of benzene rings is 1. The standard InChI is InChI=1S/C19H28O/c1-4-6-8-10-16-20-19-14-12-18(13-15-19)17(3)11-9-7-5-2/h12-15,17H,4-6,8,10-11,16H2,1-3H3. The first kappa shape index (κ1) is 16.6. The van der Waals surface area contributed by atoms with Crippen molar-refractivity contribution in [1.29, 1.82) is 0 Å². The van der Waals surface area contributed by atoms with Crippen LogP contribution in [0.3, 0.4) is 0 Å². The number of rotatable bonds is 8. The summed E-state index contributed by atoms with van der Waals surface area (Å²) in [7, 11) is 0. The maximum atomic E-state index is 5.76. The Bertz CT molecular complexity index is 408. The molecule has 0 aromatic heterocycles. The van der Waals surface area contributed by atoms with Gasteiger partial charge in [-0.15, -0.1) is 11.8 Å². The van der Waals surface area contributed by atoms with E-state index in [4.69, 9.17) is 4.74 Å². The van der Waals surface area contributed by atoms with Gasteiger partial charge in [0.2, 0.25) is 0 Å². The van der Waals surface area contributed by atoms with Crippen LogP contribution in [0.1, 0.15) is 70.8 Å². The third-order valence-electron chi connectivity index (χ3n) is 3.43. The van der Waals surface area contributed by atoms with Gasteiger partial charge < -0.3 is 4.74 Å². The zero-order valence-electron chi connectivity index (χ0n) is 13.2. The van der Waals surface area contributed by atoms with Crippen molar-refractivity contribution in [1.82, 2.24) is 0 Å². The van der Waals surface area contributed by atoms with Crippen LogP contribution in [0.4, 0.5) is 0 Å². The molecule has 0 aliphatic heterocycles. The monoisotopic (exact) mass is 272 g/mol. The lowest BCUT2D eigenvalue weighted by molar-refractivity contribution is 0.305. The molecule has 0 heterocycles. The Hall–Kier alpha value is -1.42. The molecule has 1 nitrogen and oxygen atoms in total. The van der Waals surface area contributed by atoms with Gasteiger partial charge in [-0.05, 0) is 30.0 Å². The molecule has 0 amide bonds. The van der Waals surface area contributed by atoms with Gasteiger partial charge in [0.15, 0.2) is 0 Å². The van der Waals surface area contributed by atoms with E-state index >= 15 is 0 Å². The molecular formula is C19H28O. The zero-order chi connectivity index (χ0) is 14.6. The lowest BCUT2D eigenvalue weighted by atomic mass is 9.98. The van der Waals surface area contributed by atoms with Gasteiger partial charge in [0.25, 0.3) is 0 Å². The van der Waals surface area contributed by atoms with Gasteiger partial charge in [-0.25, -0.2) is 0 Å². The molecule has 0 spiro atoms. The Morgan fingerprint density at radius 1 is 1.00 bits per heavy atom. The SMILES string of the molecule is CCC#CCC(C)c1ccc(OCCCCCC)cc1. The van der Waals surface area contributed by atoms with Gasteiger partial charge in [-0.2, -0.15) is 0 Å². The summed E-state index contributed by atoms with van der Waals surface area (Å²) in [4.78, 5) is 0. The second kappa shape index (κ2) is 10.4. The van der Waals surface area contributed by atoms with Gasteiger partial charge in [-0.1, -0.05) is 52.2 Å². The van der Waals surface area contributed by atoms with Crippen LogP contribution in [0.2, 0.25) is 0 Å². The number of hydrogen-bond acceptors (Lipinski definition) is 1. The molecule has 1 heteroatoms. The Morgan fingerprint density at radius 2 is 1.75 bits per heavy atom. The fourth-order valence-corrected chi connectivity index (χ4v) is 2.08. The number of ether oxygens (including phenoxy) is 1. The van der Waals surface area contributed by atoms with E-state index in [1.54, 1.807) is 0 Å². The van der Waals surface area contributed by atoms with Crippen LogP contribution in [0.15, 0.2) is 24.3 Å². The van der Waals surface area contributed by atoms with Crippen LogP contribution in [0, 0.1) is 11.8 Å². The van der Waals surface area contributed by atoms with E-state index in [2.05, 4.69) is 56.9 Å². The van der Waals surface area contributed by atoms with E-state index in [0.29, 0.717) is 5.92 Å². The van der Waals surface area contributed by atoms with Crippen LogP contribution in [0.25, 0.3) is 0 Å². The van der Waals surface area contributed by atoms with E-state index in [-0.39, 0.29) is 0 Å². The molecule has 1 atom stereocenters. The highest BCUT2D eigenvalue weighted by atomic mass is 16.5. The molecule has 110 valence electrons. The molecule has 20 heavy (non-hydrogen) atoms. The molecule has 1 aromatic rings. The molecule has 1 rings (SSSR count). The maximum absolute atomic E-state index is 5.76. The van der Waals surface area contributed by atoms with E-state index in [0.717, 1.165) is 31.6 Å². The Kier molecular flexibility index (Phi) is 8.63. The molecule has 0 aliphatic rings. The highest BCUT2D eigenvalue weighted by Crippen LogP contribution is 2.21. The van der Waals surface area contributed by atoms with Crippen molar-refractivity contribution in [3.63, 3.8) is 0 Å². The minimum absolute atomic E-state index is 0.493. The average Bonchev–Trinajstić information content (AvgIpc) is 2.48. The summed E-state index contributed by atoms with van der Waals surface area (Å²) in [5.74, 6) is 7.83. The van der Waals surface area contributed by atoms with Crippen LogP contribution in [0.5, 0.6) is 5.75 Å². The Labute approximate surface area is 124 Å². The van der Waals surface area contributed by atoms with Crippen molar-refractivity contribution in [3.05, 3.63) is 29.8 Å². The molecule has 1 aromatic carbocycles. The van der Waals surface area contributed by atoms with Gasteiger partial charge in [0.05, 0.1) is 6.61 Å². The second-order valence-electron chi connectivity index (χ2n) is 5.29. The van der Waals surface area contributed by atoms with Crippen molar-refractivity contribution < 1.29 is 4.74 Å². The largest absolute Gasteiger partial charge is 0.494 e. The third-order valence-corrected chi connectivity index (χ3v) is 3.43. The summed E-state index contributed by atoms with van der Waals surface area (Å²) in [5, 5.41) is 0. The highest BCUT2D eigenvalue weighted by Gasteiger charge is 2.03. The quantitative estimate of drug-likeness (QED) is 0.445. The molecule has 0 saturated carbocycles. The van der Waals surface area contributed by atoms with Gasteiger partial charge in [0.1, 0.15) is 5.75 Å². The molecule has 0 fully saturated rings. The first-order valence-electron chi connectivity index (χ1n) is 7.96. The lowest BCUT2D eigenvalue weighted by Gasteiger charge is -2.10. The predicted molar refractivity (Wildman–Crippen MR) is 87.2 cm³/mol. The average molecular weight is 272 g/mol. The molecule has 1 unspecified atom stereocenters. The van der Waals surface area contributed by atoms with Gasteiger partial charge >= 0.3 is 0 Å². The minimum Gasteiger partial charge on any atom is -0.494 e. The van der Waals surface area contributed by atoms with Crippen LogP contribution < -0.4 is 4.74 Å². The van der Waals surface area contributed by atoms with Crippen molar-refractivity contribution in [2.75, 3.05) is 6.61 Å². The van der Waals surface area contributed by atoms with Crippen LogP contribution >= 0.6 is 0 Å². The first-order valence-corrected chi connectivity index (χ1v) is 7.96. The third kappa shape index (κ3) is 6.66. The molecule has 0 radical (unpaired) electrons. The van der Waals surface area contributed by atoms with E-state index in [9.17, 15) is 0 Å². The zero-order valence-corrected chi connectivity index (χ0v) is 13.2. The normalized spacial score (nSPS) is 11.6. The topological polar surface area (TPSA) is 9.23 Å². The molecule has 0 aliphatic carbocycles. The van der Waals surface area contributed by atoms with Crippen LogP contribution in [-0.2, 0) is 0 Å².